The van der Waals surface area contributed by atoms with E-state index in [1.807, 2.05) is 13.8 Å². The van der Waals surface area contributed by atoms with Crippen molar-refractivity contribution < 1.29 is 14.3 Å². The molecule has 1 rings (SSSR count). The number of nitrogens with one attached hydrogen (secondary N) is 1. The van der Waals surface area contributed by atoms with E-state index >= 15 is 0 Å². The summed E-state index contributed by atoms with van der Waals surface area (Å²) in [6, 6.07) is -0.718. The molecule has 3 N–H and O–H groups in total. The Bertz CT molecular complexity index is 625. The van der Waals surface area contributed by atoms with Crippen LogP contribution in [-0.4, -0.2) is 24.5 Å². The summed E-state index contributed by atoms with van der Waals surface area (Å²) in [5.74, 6) is -1.28. The first-order chi connectivity index (χ1) is 11.1. The number of benzene rings is 1. The largest absolute Gasteiger partial charge is 0.422 e. The van der Waals surface area contributed by atoms with Gasteiger partial charge in [0.1, 0.15) is 16.6 Å². The molecule has 142 valence electrons. The topological polar surface area (TPSA) is 81.4 Å². The van der Waals surface area contributed by atoms with Crippen LogP contribution in [0, 0.1) is 5.92 Å². The van der Waals surface area contributed by atoms with Crippen LogP contribution < -0.4 is 15.8 Å². The smallest absolute Gasteiger partial charge is 0.330 e. The van der Waals surface area contributed by atoms with Gasteiger partial charge >= 0.3 is 5.97 Å². The Labute approximate surface area is 176 Å². The van der Waals surface area contributed by atoms with E-state index in [2.05, 4.69) is 5.32 Å². The Hall–Kier alpha value is -0.140. The molecule has 5 nitrogen and oxygen atoms in total. The van der Waals surface area contributed by atoms with Gasteiger partial charge in [-0.2, -0.15) is 0 Å². The SMILES string of the molecule is CC(C)C[C@H](N)C(=O)NCC(=O)Oc1c(Cl)c(Cl)c(Cl)c(Cl)c1Cl.Cl. The van der Waals surface area contributed by atoms with E-state index < -0.39 is 24.5 Å². The van der Waals surface area contributed by atoms with Crippen molar-refractivity contribution in [1.82, 2.24) is 5.32 Å². The van der Waals surface area contributed by atoms with Gasteiger partial charge in [-0.3, -0.25) is 4.79 Å². The maximum Gasteiger partial charge on any atom is 0.330 e. The van der Waals surface area contributed by atoms with E-state index in [0.29, 0.717) is 6.42 Å². The molecule has 0 fully saturated rings. The number of rotatable bonds is 6. The highest BCUT2D eigenvalue weighted by Gasteiger charge is 2.23. The zero-order valence-corrected chi connectivity index (χ0v) is 17.8. The highest BCUT2D eigenvalue weighted by atomic mass is 35.5. The van der Waals surface area contributed by atoms with Crippen molar-refractivity contribution in [3.63, 3.8) is 0 Å². The number of hydrogen-bond acceptors (Lipinski definition) is 4. The maximum absolute atomic E-state index is 11.9. The molecule has 0 unspecified atom stereocenters. The molecule has 0 saturated carbocycles. The fourth-order valence-corrected chi connectivity index (χ4v) is 2.93. The Kier molecular flexibility index (Phi) is 10.8. The van der Waals surface area contributed by atoms with E-state index in [1.165, 1.54) is 0 Å². The molecule has 1 aromatic rings. The van der Waals surface area contributed by atoms with Crippen molar-refractivity contribution in [1.29, 1.82) is 0 Å². The summed E-state index contributed by atoms with van der Waals surface area (Å²) < 4.78 is 5.02. The lowest BCUT2D eigenvalue weighted by molar-refractivity contribution is -0.135. The second kappa shape index (κ2) is 10.9. The molecule has 1 amide bonds. The number of esters is 1. The number of carbonyl (C=O) groups excluding carboxylic acids is 2. The van der Waals surface area contributed by atoms with E-state index in [-0.39, 0.29) is 49.2 Å². The minimum atomic E-state index is -0.821. The van der Waals surface area contributed by atoms with Gasteiger partial charge in [-0.1, -0.05) is 71.9 Å². The number of ether oxygens (including phenoxy) is 1. The first-order valence-electron chi connectivity index (χ1n) is 6.81. The predicted octanol–water partition coefficient (Wildman–Crippen LogP) is 4.77. The molecule has 0 saturated heterocycles. The molecule has 1 aromatic carbocycles. The molecule has 0 spiro atoms. The van der Waals surface area contributed by atoms with Crippen LogP contribution in [-0.2, 0) is 9.59 Å². The third kappa shape index (κ3) is 6.83. The van der Waals surface area contributed by atoms with Crippen LogP contribution in [0.2, 0.25) is 25.1 Å². The van der Waals surface area contributed by atoms with Gasteiger partial charge in [0.15, 0.2) is 5.75 Å². The Morgan fingerprint density at radius 1 is 1.00 bits per heavy atom. The highest BCUT2D eigenvalue weighted by Crippen LogP contribution is 2.48. The second-order valence-electron chi connectivity index (χ2n) is 5.33. The summed E-state index contributed by atoms with van der Waals surface area (Å²) in [6.45, 7) is 3.44. The van der Waals surface area contributed by atoms with Gasteiger partial charge in [0, 0.05) is 0 Å². The number of halogens is 6. The van der Waals surface area contributed by atoms with Crippen LogP contribution in [0.5, 0.6) is 5.75 Å². The average molecular weight is 473 g/mol. The van der Waals surface area contributed by atoms with Gasteiger partial charge in [0.2, 0.25) is 5.91 Å². The van der Waals surface area contributed by atoms with Crippen LogP contribution in [0.1, 0.15) is 20.3 Å². The molecular formula is C14H16Cl6N2O3. The molecule has 0 aliphatic heterocycles. The number of carbonyl (C=O) groups is 2. The number of amides is 1. The number of nitrogens with two attached hydrogens (primary N) is 1. The standard InChI is InChI=1S/C14H15Cl5N2O3.ClH/c1-5(2)3-6(20)14(23)21-4-7(22)24-13-11(18)9(16)8(15)10(17)12(13)19;/h5-6H,3-4,20H2,1-2H3,(H,21,23);1H/t6-;/m0./s1. The summed E-state index contributed by atoms with van der Waals surface area (Å²) in [5.41, 5.74) is 5.71. The summed E-state index contributed by atoms with van der Waals surface area (Å²) >= 11 is 29.5. The van der Waals surface area contributed by atoms with Crippen LogP contribution in [0.3, 0.4) is 0 Å². The van der Waals surface area contributed by atoms with Gasteiger partial charge in [0.05, 0.1) is 21.1 Å². The Balaban J connectivity index is 0.00000576. The fraction of sp³-hybridized carbons (Fsp3) is 0.429. The molecule has 0 aliphatic rings. The third-order valence-electron chi connectivity index (χ3n) is 2.85. The van der Waals surface area contributed by atoms with Crippen LogP contribution in [0.15, 0.2) is 0 Å². The lowest BCUT2D eigenvalue weighted by atomic mass is 10.0. The van der Waals surface area contributed by atoms with Gasteiger partial charge in [-0.25, -0.2) is 4.79 Å². The fourth-order valence-electron chi connectivity index (χ4n) is 1.73. The molecule has 25 heavy (non-hydrogen) atoms. The maximum atomic E-state index is 11.9. The van der Waals surface area contributed by atoms with Crippen molar-refractivity contribution in [3.05, 3.63) is 25.1 Å². The molecular weight excluding hydrogens is 457 g/mol. The highest BCUT2D eigenvalue weighted by molar-refractivity contribution is 6.55. The molecule has 1 atom stereocenters. The second-order valence-corrected chi connectivity index (χ2v) is 7.22. The summed E-state index contributed by atoms with van der Waals surface area (Å²) in [4.78, 5) is 23.6. The van der Waals surface area contributed by atoms with Crippen molar-refractivity contribution in [3.8, 4) is 5.75 Å². The van der Waals surface area contributed by atoms with Gasteiger partial charge < -0.3 is 15.8 Å². The monoisotopic (exact) mass is 470 g/mol. The molecule has 0 radical (unpaired) electrons. The van der Waals surface area contributed by atoms with Crippen molar-refractivity contribution in [2.24, 2.45) is 11.7 Å². The minimum Gasteiger partial charge on any atom is -0.422 e. The molecule has 0 bridgehead atoms. The normalized spacial score (nSPS) is 11.7. The summed E-state index contributed by atoms with van der Waals surface area (Å²) in [7, 11) is 0. The lowest BCUT2D eigenvalue weighted by Crippen LogP contribution is -2.43. The average Bonchev–Trinajstić information content (AvgIpc) is 2.52. The Morgan fingerprint density at radius 2 is 1.44 bits per heavy atom. The van der Waals surface area contributed by atoms with Crippen molar-refractivity contribution in [2.45, 2.75) is 26.3 Å². The molecule has 11 heteroatoms. The first-order valence-corrected chi connectivity index (χ1v) is 8.70. The van der Waals surface area contributed by atoms with Crippen molar-refractivity contribution >= 4 is 82.3 Å². The quantitative estimate of drug-likeness (QED) is 0.270. The summed E-state index contributed by atoms with van der Waals surface area (Å²) in [6.07, 6.45) is 0.487. The van der Waals surface area contributed by atoms with Crippen molar-refractivity contribution in [2.75, 3.05) is 6.54 Å². The van der Waals surface area contributed by atoms with Gasteiger partial charge in [0.25, 0.3) is 0 Å². The molecule has 0 aliphatic carbocycles. The van der Waals surface area contributed by atoms with E-state index in [4.69, 9.17) is 68.5 Å². The first kappa shape index (κ1) is 24.9. The van der Waals surface area contributed by atoms with E-state index in [1.54, 1.807) is 0 Å². The summed E-state index contributed by atoms with van der Waals surface area (Å²) in [5, 5.41) is 1.80. The van der Waals surface area contributed by atoms with Gasteiger partial charge in [-0.15, -0.1) is 12.4 Å². The molecule has 0 aromatic heterocycles. The van der Waals surface area contributed by atoms with Crippen LogP contribution >= 0.6 is 70.4 Å². The van der Waals surface area contributed by atoms with E-state index in [9.17, 15) is 9.59 Å². The van der Waals surface area contributed by atoms with Crippen LogP contribution in [0.4, 0.5) is 0 Å². The zero-order chi connectivity index (χ0) is 18.6. The number of hydrogen-bond donors (Lipinski definition) is 2. The Morgan fingerprint density at radius 3 is 1.88 bits per heavy atom. The lowest BCUT2D eigenvalue weighted by Gasteiger charge is -2.15. The minimum absolute atomic E-state index is 0. The van der Waals surface area contributed by atoms with Gasteiger partial charge in [-0.05, 0) is 12.3 Å². The van der Waals surface area contributed by atoms with E-state index in [0.717, 1.165) is 0 Å². The third-order valence-corrected chi connectivity index (χ3v) is 5.10. The predicted molar refractivity (Wildman–Crippen MR) is 105 cm³/mol. The molecule has 0 heterocycles. The van der Waals surface area contributed by atoms with Crippen LogP contribution in [0.25, 0.3) is 0 Å². The zero-order valence-electron chi connectivity index (χ0n) is 13.2.